The Bertz CT molecular complexity index is 1200. The number of aromatic nitrogens is 3. The molecule has 0 saturated carbocycles. The highest BCUT2D eigenvalue weighted by atomic mass is 35.5. The van der Waals surface area contributed by atoms with Gasteiger partial charge < -0.3 is 5.32 Å². The Balaban J connectivity index is 1.64. The second kappa shape index (κ2) is 7.70. The van der Waals surface area contributed by atoms with Crippen LogP contribution in [0.25, 0.3) is 16.9 Å². The number of nitrogens with one attached hydrogen (secondary N) is 1. The molecule has 0 unspecified atom stereocenters. The minimum absolute atomic E-state index is 0.106. The van der Waals surface area contributed by atoms with Gasteiger partial charge in [-0.05, 0) is 35.9 Å². The number of amides is 1. The van der Waals surface area contributed by atoms with E-state index in [0.29, 0.717) is 28.4 Å². The number of benzene rings is 2. The van der Waals surface area contributed by atoms with Crippen LogP contribution in [-0.2, 0) is 17.9 Å². The van der Waals surface area contributed by atoms with E-state index in [-0.39, 0.29) is 18.1 Å². The molecule has 2 aromatic heterocycles. The average Bonchev–Trinajstić information content (AvgIpc) is 3.00. The Morgan fingerprint density at radius 1 is 1.00 bits per heavy atom. The van der Waals surface area contributed by atoms with Gasteiger partial charge in [0.25, 0.3) is 0 Å². The van der Waals surface area contributed by atoms with Crippen LogP contribution in [0.1, 0.15) is 5.56 Å². The maximum absolute atomic E-state index is 13.0. The van der Waals surface area contributed by atoms with Crippen molar-refractivity contribution in [1.82, 2.24) is 19.4 Å². The quantitative estimate of drug-likeness (QED) is 0.567. The molecule has 0 fully saturated rings. The highest BCUT2D eigenvalue weighted by Crippen LogP contribution is 2.16. The van der Waals surface area contributed by atoms with E-state index in [1.165, 1.54) is 9.13 Å². The van der Waals surface area contributed by atoms with Gasteiger partial charge in [0.05, 0.1) is 11.2 Å². The minimum atomic E-state index is -0.312. The second-order valence-electron chi connectivity index (χ2n) is 6.25. The zero-order chi connectivity index (χ0) is 19.5. The smallest absolute Gasteiger partial charge is 0.335 e. The van der Waals surface area contributed by atoms with E-state index in [9.17, 15) is 9.59 Å². The van der Waals surface area contributed by atoms with E-state index in [1.54, 1.807) is 24.4 Å². The number of halogens is 1. The van der Waals surface area contributed by atoms with Crippen molar-refractivity contribution in [2.45, 2.75) is 13.1 Å². The summed E-state index contributed by atoms with van der Waals surface area (Å²) in [5.41, 5.74) is 2.32. The van der Waals surface area contributed by atoms with Gasteiger partial charge in [-0.25, -0.2) is 14.3 Å². The number of carbonyl (C=O) groups is 1. The fourth-order valence-corrected chi connectivity index (χ4v) is 3.29. The van der Waals surface area contributed by atoms with Crippen molar-refractivity contribution in [3.63, 3.8) is 0 Å². The number of rotatable bonds is 5. The van der Waals surface area contributed by atoms with Gasteiger partial charge in [-0.2, -0.15) is 0 Å². The third-order valence-electron chi connectivity index (χ3n) is 4.44. The predicted molar refractivity (Wildman–Crippen MR) is 109 cm³/mol. The van der Waals surface area contributed by atoms with Crippen molar-refractivity contribution in [3.8, 4) is 5.69 Å². The molecule has 2 aromatic carbocycles. The molecule has 2 heterocycles. The highest BCUT2D eigenvalue weighted by Gasteiger charge is 2.17. The molecule has 0 bridgehead atoms. The molecule has 0 radical (unpaired) electrons. The average molecular weight is 393 g/mol. The molecule has 4 rings (SSSR count). The predicted octanol–water partition coefficient (Wildman–Crippen LogP) is 3.16. The molecule has 1 amide bonds. The third kappa shape index (κ3) is 3.42. The van der Waals surface area contributed by atoms with Crippen molar-refractivity contribution >= 4 is 28.7 Å². The Morgan fingerprint density at radius 2 is 1.75 bits per heavy atom. The summed E-state index contributed by atoms with van der Waals surface area (Å²) in [7, 11) is 0. The number of hydrogen-bond acceptors (Lipinski definition) is 3. The van der Waals surface area contributed by atoms with E-state index < -0.39 is 0 Å². The van der Waals surface area contributed by atoms with Crippen LogP contribution in [0.3, 0.4) is 0 Å². The van der Waals surface area contributed by atoms with E-state index in [2.05, 4.69) is 10.3 Å². The molecular weight excluding hydrogens is 376 g/mol. The number of fused-ring (bicyclic) bond motifs is 1. The number of carbonyl (C=O) groups excluding carboxylic acids is 1. The first kappa shape index (κ1) is 18.0. The van der Waals surface area contributed by atoms with Crippen LogP contribution in [0.5, 0.6) is 0 Å². The largest absolute Gasteiger partial charge is 0.350 e. The second-order valence-corrected chi connectivity index (χ2v) is 6.66. The lowest BCUT2D eigenvalue weighted by Crippen LogP contribution is -2.32. The number of hydrogen-bond donors (Lipinski definition) is 1. The van der Waals surface area contributed by atoms with Gasteiger partial charge in [0.2, 0.25) is 5.91 Å². The molecule has 4 aromatic rings. The molecule has 0 aliphatic carbocycles. The molecule has 0 saturated heterocycles. The zero-order valence-corrected chi connectivity index (χ0v) is 15.6. The summed E-state index contributed by atoms with van der Waals surface area (Å²) in [5.74, 6) is -0.280. The zero-order valence-electron chi connectivity index (χ0n) is 14.9. The Morgan fingerprint density at radius 3 is 2.54 bits per heavy atom. The Hall–Kier alpha value is -3.38. The fraction of sp³-hybridized carbons (Fsp3) is 0.0952. The lowest BCUT2D eigenvalue weighted by atomic mass is 10.2. The van der Waals surface area contributed by atoms with Crippen molar-refractivity contribution < 1.29 is 4.79 Å². The normalized spacial score (nSPS) is 10.9. The molecule has 140 valence electrons. The summed E-state index contributed by atoms with van der Waals surface area (Å²) in [6.45, 7) is 0.189. The van der Waals surface area contributed by atoms with Gasteiger partial charge in [0, 0.05) is 17.8 Å². The van der Waals surface area contributed by atoms with E-state index in [1.807, 2.05) is 48.5 Å². The summed E-state index contributed by atoms with van der Waals surface area (Å²) in [4.78, 5) is 29.9. The summed E-state index contributed by atoms with van der Waals surface area (Å²) < 4.78 is 2.94. The standard InChI is InChI=1S/C21H17ClN4O2/c22-17-10-5-4-7-15(17)13-24-19(27)14-25-18-11-6-12-23-20(18)26(21(25)28)16-8-2-1-3-9-16/h1-12H,13-14H2,(H,24,27). The van der Waals surface area contributed by atoms with Gasteiger partial charge in [-0.1, -0.05) is 48.0 Å². The molecule has 0 spiro atoms. The third-order valence-corrected chi connectivity index (χ3v) is 4.81. The van der Waals surface area contributed by atoms with E-state index in [4.69, 9.17) is 11.6 Å². The van der Waals surface area contributed by atoms with Crippen molar-refractivity contribution in [2.75, 3.05) is 0 Å². The van der Waals surface area contributed by atoms with Crippen molar-refractivity contribution in [2.24, 2.45) is 0 Å². The van der Waals surface area contributed by atoms with Crippen LogP contribution >= 0.6 is 11.6 Å². The van der Waals surface area contributed by atoms with Crippen LogP contribution in [-0.4, -0.2) is 20.0 Å². The van der Waals surface area contributed by atoms with Crippen molar-refractivity contribution in [3.05, 3.63) is 94.0 Å². The molecule has 28 heavy (non-hydrogen) atoms. The maximum Gasteiger partial charge on any atom is 0.335 e. The first-order valence-corrected chi connectivity index (χ1v) is 9.15. The first-order valence-electron chi connectivity index (χ1n) is 8.77. The highest BCUT2D eigenvalue weighted by molar-refractivity contribution is 6.31. The molecule has 6 nitrogen and oxygen atoms in total. The van der Waals surface area contributed by atoms with Gasteiger partial charge in [-0.3, -0.25) is 9.36 Å². The number of pyridine rings is 1. The Labute approximate surface area is 166 Å². The molecular formula is C21H17ClN4O2. The fourth-order valence-electron chi connectivity index (χ4n) is 3.08. The molecule has 7 heteroatoms. The van der Waals surface area contributed by atoms with Crippen molar-refractivity contribution in [1.29, 1.82) is 0 Å². The maximum atomic E-state index is 13.0. The summed E-state index contributed by atoms with van der Waals surface area (Å²) >= 11 is 6.12. The van der Waals surface area contributed by atoms with Crippen LogP contribution in [0, 0.1) is 0 Å². The van der Waals surface area contributed by atoms with Gasteiger partial charge in [0.1, 0.15) is 6.54 Å². The van der Waals surface area contributed by atoms with Gasteiger partial charge in [-0.15, -0.1) is 0 Å². The topological polar surface area (TPSA) is 68.9 Å². The van der Waals surface area contributed by atoms with Crippen LogP contribution in [0.4, 0.5) is 0 Å². The lowest BCUT2D eigenvalue weighted by molar-refractivity contribution is -0.121. The molecule has 0 atom stereocenters. The molecule has 1 N–H and O–H groups in total. The number of nitrogens with zero attached hydrogens (tertiary/aromatic N) is 3. The van der Waals surface area contributed by atoms with Crippen LogP contribution in [0.2, 0.25) is 5.02 Å². The van der Waals surface area contributed by atoms with Gasteiger partial charge in [0.15, 0.2) is 5.65 Å². The summed E-state index contributed by atoms with van der Waals surface area (Å²) in [5, 5.41) is 3.40. The SMILES string of the molecule is O=C(Cn1c(=O)n(-c2ccccc2)c2ncccc21)NCc1ccccc1Cl. The minimum Gasteiger partial charge on any atom is -0.350 e. The molecule has 0 aliphatic heterocycles. The number of para-hydroxylation sites is 1. The van der Waals surface area contributed by atoms with Gasteiger partial charge >= 0.3 is 5.69 Å². The monoisotopic (exact) mass is 392 g/mol. The van der Waals surface area contributed by atoms with Crippen LogP contribution < -0.4 is 11.0 Å². The van der Waals surface area contributed by atoms with Crippen LogP contribution in [0.15, 0.2) is 77.7 Å². The summed E-state index contributed by atoms with van der Waals surface area (Å²) in [6.07, 6.45) is 1.63. The lowest BCUT2D eigenvalue weighted by Gasteiger charge is -2.07. The van der Waals surface area contributed by atoms with E-state index in [0.717, 1.165) is 5.56 Å². The Kier molecular flexibility index (Phi) is 4.95. The first-order chi connectivity index (χ1) is 13.6. The molecule has 0 aliphatic rings. The van der Waals surface area contributed by atoms with E-state index >= 15 is 0 Å². The number of imidazole rings is 1. The summed E-state index contributed by atoms with van der Waals surface area (Å²) in [6, 6.07) is 20.1.